The van der Waals surface area contributed by atoms with Gasteiger partial charge in [0.05, 0.1) is 0 Å². The van der Waals surface area contributed by atoms with Crippen molar-refractivity contribution in [2.45, 2.75) is 26.7 Å². The Morgan fingerprint density at radius 1 is 1.14 bits per heavy atom. The molecule has 0 saturated heterocycles. The molecule has 4 amide bonds. The lowest BCUT2D eigenvalue weighted by molar-refractivity contribution is -0.133. The molecule has 2 N–H and O–H groups in total. The molecule has 0 aromatic rings. The highest BCUT2D eigenvalue weighted by atomic mass is 16.2. The molecular weight excluding hydrogens is 184 g/mol. The quantitative estimate of drug-likeness (QED) is 0.655. The molecule has 0 spiro atoms. The number of urea groups is 1. The Morgan fingerprint density at radius 2 is 1.50 bits per heavy atom. The second-order valence-electron chi connectivity index (χ2n) is 2.95. The molecule has 1 aliphatic heterocycles. The van der Waals surface area contributed by atoms with E-state index < -0.39 is 17.8 Å². The average molecular weight is 196 g/mol. The van der Waals surface area contributed by atoms with E-state index in [0.29, 0.717) is 28.9 Å². The van der Waals surface area contributed by atoms with Gasteiger partial charge in [-0.1, -0.05) is 13.8 Å². The molecule has 0 bridgehead atoms. The summed E-state index contributed by atoms with van der Waals surface area (Å²) in [7, 11) is 0. The molecule has 5 heteroatoms. The fraction of sp³-hybridized carbons (Fsp3) is 0.444. The Kier molecular flexibility index (Phi) is 2.69. The van der Waals surface area contributed by atoms with Crippen LogP contribution in [0.2, 0.25) is 0 Å². The van der Waals surface area contributed by atoms with Crippen LogP contribution in [-0.2, 0) is 9.59 Å². The molecule has 0 aliphatic carbocycles. The van der Waals surface area contributed by atoms with Gasteiger partial charge in [0.15, 0.2) is 0 Å². The summed E-state index contributed by atoms with van der Waals surface area (Å²) in [6, 6.07) is -1.01. The zero-order valence-electron chi connectivity index (χ0n) is 8.16. The van der Waals surface area contributed by atoms with E-state index in [-0.39, 0.29) is 0 Å². The topological polar surface area (TPSA) is 80.5 Å². The third kappa shape index (κ3) is 1.30. The normalized spacial score (nSPS) is 16.9. The third-order valence-electron chi connectivity index (χ3n) is 2.21. The SMILES string of the molecule is CCC1=C(CC)C(=O)N(C(N)=O)C1=O. The van der Waals surface area contributed by atoms with Crippen molar-refractivity contribution in [2.75, 3.05) is 0 Å². The summed E-state index contributed by atoms with van der Waals surface area (Å²) >= 11 is 0. The predicted octanol–water partition coefficient (Wildman–Crippen LogP) is 0.551. The van der Waals surface area contributed by atoms with Crippen LogP contribution in [0.25, 0.3) is 0 Å². The summed E-state index contributed by atoms with van der Waals surface area (Å²) in [5.41, 5.74) is 5.73. The van der Waals surface area contributed by atoms with Crippen molar-refractivity contribution in [3.05, 3.63) is 11.1 Å². The maximum atomic E-state index is 11.5. The highest BCUT2D eigenvalue weighted by Gasteiger charge is 2.39. The first-order valence-corrected chi connectivity index (χ1v) is 4.44. The number of nitrogens with two attached hydrogens (primary N) is 1. The van der Waals surface area contributed by atoms with Crippen LogP contribution in [0.1, 0.15) is 26.7 Å². The lowest BCUT2D eigenvalue weighted by Crippen LogP contribution is -2.41. The second-order valence-corrected chi connectivity index (χ2v) is 2.95. The van der Waals surface area contributed by atoms with Gasteiger partial charge in [0.25, 0.3) is 11.8 Å². The van der Waals surface area contributed by atoms with Crippen molar-refractivity contribution in [3.63, 3.8) is 0 Å². The first-order chi connectivity index (χ1) is 6.54. The smallest absolute Gasteiger partial charge is 0.328 e. The molecule has 5 nitrogen and oxygen atoms in total. The van der Waals surface area contributed by atoms with E-state index in [4.69, 9.17) is 5.73 Å². The molecule has 1 rings (SSSR count). The molecule has 1 heterocycles. The van der Waals surface area contributed by atoms with Crippen LogP contribution in [0.5, 0.6) is 0 Å². The number of imide groups is 3. The molecule has 0 radical (unpaired) electrons. The van der Waals surface area contributed by atoms with Gasteiger partial charge in [0.1, 0.15) is 0 Å². The summed E-state index contributed by atoms with van der Waals surface area (Å²) in [4.78, 5) is 34.3. The summed E-state index contributed by atoms with van der Waals surface area (Å²) < 4.78 is 0. The first-order valence-electron chi connectivity index (χ1n) is 4.44. The first kappa shape index (κ1) is 10.4. The maximum absolute atomic E-state index is 11.5. The number of hydrogen-bond donors (Lipinski definition) is 1. The Morgan fingerprint density at radius 3 is 1.71 bits per heavy atom. The minimum atomic E-state index is -1.01. The molecule has 1 aliphatic rings. The molecule has 0 unspecified atom stereocenters. The van der Waals surface area contributed by atoms with Gasteiger partial charge in [-0.15, -0.1) is 0 Å². The number of carbonyl (C=O) groups is 3. The fourth-order valence-corrected chi connectivity index (χ4v) is 1.55. The Labute approximate surface area is 81.5 Å². The minimum Gasteiger partial charge on any atom is -0.351 e. The predicted molar refractivity (Wildman–Crippen MR) is 49.0 cm³/mol. The summed E-state index contributed by atoms with van der Waals surface area (Å²) in [5, 5.41) is 0. The highest BCUT2D eigenvalue weighted by molar-refractivity contribution is 6.26. The zero-order valence-corrected chi connectivity index (χ0v) is 8.16. The van der Waals surface area contributed by atoms with Gasteiger partial charge in [-0.2, -0.15) is 4.90 Å². The van der Waals surface area contributed by atoms with Crippen LogP contribution in [0, 0.1) is 0 Å². The van der Waals surface area contributed by atoms with Crippen LogP contribution in [-0.4, -0.2) is 22.7 Å². The van der Waals surface area contributed by atoms with Gasteiger partial charge in [-0.3, -0.25) is 9.59 Å². The van der Waals surface area contributed by atoms with Crippen molar-refractivity contribution >= 4 is 17.8 Å². The van der Waals surface area contributed by atoms with E-state index in [1.165, 1.54) is 0 Å². The number of rotatable bonds is 2. The summed E-state index contributed by atoms with van der Waals surface area (Å²) in [6.07, 6.45) is 0.884. The molecule has 76 valence electrons. The minimum absolute atomic E-state index is 0.399. The largest absolute Gasteiger partial charge is 0.351 e. The second kappa shape index (κ2) is 3.61. The molecule has 14 heavy (non-hydrogen) atoms. The van der Waals surface area contributed by atoms with Crippen LogP contribution in [0.15, 0.2) is 11.1 Å². The van der Waals surface area contributed by atoms with Crippen molar-refractivity contribution in [3.8, 4) is 0 Å². The highest BCUT2D eigenvalue weighted by Crippen LogP contribution is 2.24. The van der Waals surface area contributed by atoms with Crippen molar-refractivity contribution in [2.24, 2.45) is 5.73 Å². The third-order valence-corrected chi connectivity index (χ3v) is 2.21. The van der Waals surface area contributed by atoms with Crippen LogP contribution < -0.4 is 5.73 Å². The lowest BCUT2D eigenvalue weighted by Gasteiger charge is -2.08. The number of amides is 4. The van der Waals surface area contributed by atoms with E-state index in [9.17, 15) is 14.4 Å². The zero-order chi connectivity index (χ0) is 10.9. The molecule has 0 aromatic carbocycles. The standard InChI is InChI=1S/C9H12N2O3/c1-3-5-6(4-2)8(13)11(7(5)12)9(10)14/h3-4H2,1-2H3,(H2,10,14). The molecular formula is C9H12N2O3. The number of carbonyl (C=O) groups excluding carboxylic acids is 3. The van der Waals surface area contributed by atoms with Gasteiger partial charge in [0.2, 0.25) is 0 Å². The van der Waals surface area contributed by atoms with Crippen LogP contribution in [0.3, 0.4) is 0 Å². The van der Waals surface area contributed by atoms with Gasteiger partial charge in [-0.05, 0) is 12.8 Å². The maximum Gasteiger partial charge on any atom is 0.328 e. The Balaban J connectivity index is 3.15. The fourth-order valence-electron chi connectivity index (χ4n) is 1.55. The van der Waals surface area contributed by atoms with Gasteiger partial charge < -0.3 is 5.73 Å². The lowest BCUT2D eigenvalue weighted by atomic mass is 10.1. The monoisotopic (exact) mass is 196 g/mol. The van der Waals surface area contributed by atoms with Crippen molar-refractivity contribution < 1.29 is 14.4 Å². The molecule has 0 atom stereocenters. The van der Waals surface area contributed by atoms with E-state index in [2.05, 4.69) is 0 Å². The molecule has 0 aromatic heterocycles. The van der Waals surface area contributed by atoms with Crippen LogP contribution >= 0.6 is 0 Å². The summed E-state index contributed by atoms with van der Waals surface area (Å²) in [5.74, 6) is -1.14. The number of primary amides is 1. The van der Waals surface area contributed by atoms with E-state index in [1.807, 2.05) is 0 Å². The average Bonchev–Trinajstić information content (AvgIpc) is 2.36. The van der Waals surface area contributed by atoms with Crippen molar-refractivity contribution in [1.29, 1.82) is 0 Å². The molecule has 0 fully saturated rings. The number of hydrogen-bond acceptors (Lipinski definition) is 3. The van der Waals surface area contributed by atoms with Crippen molar-refractivity contribution in [1.82, 2.24) is 4.90 Å². The van der Waals surface area contributed by atoms with E-state index >= 15 is 0 Å². The number of nitrogens with zero attached hydrogens (tertiary/aromatic N) is 1. The van der Waals surface area contributed by atoms with Gasteiger partial charge >= 0.3 is 6.03 Å². The summed E-state index contributed by atoms with van der Waals surface area (Å²) in [6.45, 7) is 3.53. The molecule has 0 saturated carbocycles. The van der Waals surface area contributed by atoms with E-state index in [1.54, 1.807) is 13.8 Å². The van der Waals surface area contributed by atoms with Gasteiger partial charge in [-0.25, -0.2) is 4.79 Å². The van der Waals surface area contributed by atoms with Crippen LogP contribution in [0.4, 0.5) is 4.79 Å². The van der Waals surface area contributed by atoms with Gasteiger partial charge in [0, 0.05) is 11.1 Å². The Bertz CT molecular complexity index is 318. The van der Waals surface area contributed by atoms with E-state index in [0.717, 1.165) is 0 Å². The Hall–Kier alpha value is -1.65.